The highest BCUT2D eigenvalue weighted by Gasteiger charge is 2.17. The molecule has 2 heterocycles. The summed E-state index contributed by atoms with van der Waals surface area (Å²) in [6, 6.07) is 0.213. The number of ether oxygens (including phenoxy) is 1. The number of anilines is 3. The molecule has 1 aromatic heterocycles. The fraction of sp³-hybridized carbons (Fsp3) is 0.750. The standard InChI is InChI=1S/C12H24N8O/c1-9(8-19(2)3)14-10-15-11(18-13)17-12(16-10)20-4-6-21-7-5-20/h9H,4-8,13H2,1-3H3,(H2,14,15,16,17,18). The number of aromatic nitrogens is 3. The van der Waals surface area contributed by atoms with Crippen molar-refractivity contribution in [2.75, 3.05) is 62.6 Å². The van der Waals surface area contributed by atoms with E-state index in [1.807, 2.05) is 14.1 Å². The molecular weight excluding hydrogens is 272 g/mol. The lowest BCUT2D eigenvalue weighted by Crippen LogP contribution is -2.38. The van der Waals surface area contributed by atoms with Gasteiger partial charge in [-0.1, -0.05) is 0 Å². The highest BCUT2D eigenvalue weighted by atomic mass is 16.5. The molecule has 0 bridgehead atoms. The molecule has 0 spiro atoms. The van der Waals surface area contributed by atoms with Gasteiger partial charge in [-0.25, -0.2) is 5.84 Å². The second-order valence-corrected chi connectivity index (χ2v) is 5.33. The molecule has 0 amide bonds. The van der Waals surface area contributed by atoms with Crippen LogP contribution in [-0.2, 0) is 4.74 Å². The van der Waals surface area contributed by atoms with Crippen LogP contribution in [-0.4, -0.2) is 72.8 Å². The molecule has 1 unspecified atom stereocenters. The summed E-state index contributed by atoms with van der Waals surface area (Å²) >= 11 is 0. The Hall–Kier alpha value is -1.71. The third-order valence-electron chi connectivity index (χ3n) is 3.06. The Morgan fingerprint density at radius 2 is 1.90 bits per heavy atom. The highest BCUT2D eigenvalue weighted by Crippen LogP contribution is 2.15. The number of nitrogens with zero attached hydrogens (tertiary/aromatic N) is 5. The summed E-state index contributed by atoms with van der Waals surface area (Å²) in [5.41, 5.74) is 2.49. The van der Waals surface area contributed by atoms with Gasteiger partial charge in [0, 0.05) is 25.7 Å². The molecule has 1 fully saturated rings. The molecule has 2 rings (SSSR count). The lowest BCUT2D eigenvalue weighted by molar-refractivity contribution is 0.122. The van der Waals surface area contributed by atoms with Gasteiger partial charge in [0.1, 0.15) is 0 Å². The lowest BCUT2D eigenvalue weighted by atomic mass is 10.3. The van der Waals surface area contributed by atoms with E-state index in [-0.39, 0.29) is 6.04 Å². The van der Waals surface area contributed by atoms with Gasteiger partial charge in [-0.2, -0.15) is 15.0 Å². The Balaban J connectivity index is 2.12. The quantitative estimate of drug-likeness (QED) is 0.467. The number of hydrogen-bond acceptors (Lipinski definition) is 9. The molecule has 9 heteroatoms. The summed E-state index contributed by atoms with van der Waals surface area (Å²) in [5, 5.41) is 3.27. The van der Waals surface area contributed by atoms with Crippen molar-refractivity contribution >= 4 is 17.8 Å². The van der Waals surface area contributed by atoms with Gasteiger partial charge in [0.05, 0.1) is 13.2 Å². The number of nitrogens with two attached hydrogens (primary N) is 1. The number of likely N-dealkylation sites (N-methyl/N-ethyl adjacent to an activating group) is 1. The minimum atomic E-state index is 0.213. The summed E-state index contributed by atoms with van der Waals surface area (Å²) in [5.74, 6) is 6.93. The van der Waals surface area contributed by atoms with Crippen molar-refractivity contribution in [1.29, 1.82) is 0 Å². The Bertz CT molecular complexity index is 449. The van der Waals surface area contributed by atoms with Crippen LogP contribution in [0, 0.1) is 0 Å². The summed E-state index contributed by atoms with van der Waals surface area (Å²) in [6.45, 7) is 5.84. The van der Waals surface area contributed by atoms with Gasteiger partial charge < -0.3 is 19.9 Å². The minimum Gasteiger partial charge on any atom is -0.378 e. The fourth-order valence-electron chi connectivity index (χ4n) is 2.21. The van der Waals surface area contributed by atoms with Crippen LogP contribution in [0.2, 0.25) is 0 Å². The maximum atomic E-state index is 5.45. The van der Waals surface area contributed by atoms with Gasteiger partial charge in [-0.05, 0) is 21.0 Å². The molecule has 0 aliphatic carbocycles. The zero-order valence-corrected chi connectivity index (χ0v) is 12.8. The van der Waals surface area contributed by atoms with E-state index in [0.29, 0.717) is 31.1 Å². The molecule has 21 heavy (non-hydrogen) atoms. The van der Waals surface area contributed by atoms with E-state index in [4.69, 9.17) is 10.6 Å². The number of nitrogen functional groups attached to an aromatic ring is 1. The molecule has 118 valence electrons. The van der Waals surface area contributed by atoms with Crippen LogP contribution < -0.4 is 21.5 Å². The van der Waals surface area contributed by atoms with Crippen LogP contribution in [0.25, 0.3) is 0 Å². The normalized spacial score (nSPS) is 16.9. The number of hydrazine groups is 1. The molecule has 1 aliphatic heterocycles. The van der Waals surface area contributed by atoms with Crippen LogP contribution in [0.4, 0.5) is 17.8 Å². The second-order valence-electron chi connectivity index (χ2n) is 5.33. The molecule has 1 aromatic rings. The molecule has 0 aromatic carbocycles. The number of rotatable bonds is 6. The average Bonchev–Trinajstić information content (AvgIpc) is 2.46. The molecular formula is C12H24N8O. The van der Waals surface area contributed by atoms with Crippen molar-refractivity contribution in [3.05, 3.63) is 0 Å². The van der Waals surface area contributed by atoms with E-state index < -0.39 is 0 Å². The molecule has 9 nitrogen and oxygen atoms in total. The maximum absolute atomic E-state index is 5.45. The molecule has 4 N–H and O–H groups in total. The average molecular weight is 296 g/mol. The first-order chi connectivity index (χ1) is 10.1. The predicted octanol–water partition coefficient (Wildman–Crippen LogP) is -0.644. The van der Waals surface area contributed by atoms with Gasteiger partial charge in [0.15, 0.2) is 0 Å². The van der Waals surface area contributed by atoms with E-state index in [2.05, 4.69) is 42.4 Å². The maximum Gasteiger partial charge on any atom is 0.243 e. The monoisotopic (exact) mass is 296 g/mol. The molecule has 1 saturated heterocycles. The summed E-state index contributed by atoms with van der Waals surface area (Å²) in [7, 11) is 4.05. The van der Waals surface area contributed by atoms with Crippen molar-refractivity contribution < 1.29 is 4.74 Å². The van der Waals surface area contributed by atoms with Gasteiger partial charge in [0.2, 0.25) is 17.8 Å². The van der Waals surface area contributed by atoms with Crippen LogP contribution in [0.1, 0.15) is 6.92 Å². The SMILES string of the molecule is CC(CN(C)C)Nc1nc(NN)nc(N2CCOCC2)n1. The smallest absolute Gasteiger partial charge is 0.243 e. The van der Waals surface area contributed by atoms with Gasteiger partial charge in [-0.15, -0.1) is 0 Å². The molecule has 1 aliphatic rings. The first kappa shape index (κ1) is 15.7. The Kier molecular flexibility index (Phi) is 5.48. The third-order valence-corrected chi connectivity index (χ3v) is 3.06. The van der Waals surface area contributed by atoms with E-state index in [1.54, 1.807) is 0 Å². The summed E-state index contributed by atoms with van der Waals surface area (Å²) < 4.78 is 5.34. The third kappa shape index (κ3) is 4.66. The van der Waals surface area contributed by atoms with Crippen LogP contribution >= 0.6 is 0 Å². The number of nitrogens with one attached hydrogen (secondary N) is 2. The zero-order valence-electron chi connectivity index (χ0n) is 12.8. The van der Waals surface area contributed by atoms with Gasteiger partial charge in [0.25, 0.3) is 0 Å². The summed E-state index contributed by atoms with van der Waals surface area (Å²) in [4.78, 5) is 17.2. The van der Waals surface area contributed by atoms with Crippen molar-refractivity contribution in [3.63, 3.8) is 0 Å². The molecule has 1 atom stereocenters. The van der Waals surface area contributed by atoms with Crippen molar-refractivity contribution in [1.82, 2.24) is 19.9 Å². The topological polar surface area (TPSA) is 104 Å². The Morgan fingerprint density at radius 3 is 2.52 bits per heavy atom. The first-order valence-corrected chi connectivity index (χ1v) is 7.05. The van der Waals surface area contributed by atoms with E-state index in [0.717, 1.165) is 19.6 Å². The van der Waals surface area contributed by atoms with Crippen molar-refractivity contribution in [3.8, 4) is 0 Å². The first-order valence-electron chi connectivity index (χ1n) is 7.05. The number of morpholine rings is 1. The summed E-state index contributed by atoms with van der Waals surface area (Å²) in [6.07, 6.45) is 0. The second kappa shape index (κ2) is 7.34. The predicted molar refractivity (Wildman–Crippen MR) is 82.3 cm³/mol. The van der Waals surface area contributed by atoms with Crippen LogP contribution in [0.3, 0.4) is 0 Å². The van der Waals surface area contributed by atoms with Crippen molar-refractivity contribution in [2.24, 2.45) is 5.84 Å². The van der Waals surface area contributed by atoms with Crippen LogP contribution in [0.5, 0.6) is 0 Å². The van der Waals surface area contributed by atoms with Gasteiger partial charge >= 0.3 is 0 Å². The molecule has 0 radical (unpaired) electrons. The Labute approximate surface area is 124 Å². The fourth-order valence-corrected chi connectivity index (χ4v) is 2.21. The number of hydrogen-bond donors (Lipinski definition) is 3. The highest BCUT2D eigenvalue weighted by molar-refractivity contribution is 5.43. The largest absolute Gasteiger partial charge is 0.378 e. The molecule has 0 saturated carbocycles. The van der Waals surface area contributed by atoms with Crippen molar-refractivity contribution in [2.45, 2.75) is 13.0 Å². The zero-order chi connectivity index (χ0) is 15.2. The lowest BCUT2D eigenvalue weighted by Gasteiger charge is -2.27. The van der Waals surface area contributed by atoms with Crippen LogP contribution in [0.15, 0.2) is 0 Å². The van der Waals surface area contributed by atoms with E-state index >= 15 is 0 Å². The van der Waals surface area contributed by atoms with Gasteiger partial charge in [-0.3, -0.25) is 5.43 Å². The van der Waals surface area contributed by atoms with E-state index in [9.17, 15) is 0 Å². The Morgan fingerprint density at radius 1 is 1.24 bits per heavy atom. The van der Waals surface area contributed by atoms with E-state index in [1.165, 1.54) is 0 Å². The minimum absolute atomic E-state index is 0.213.